The lowest BCUT2D eigenvalue weighted by molar-refractivity contribution is 0.00167. The van der Waals surface area contributed by atoms with Crippen LogP contribution in [0.1, 0.15) is 27.2 Å². The van der Waals surface area contributed by atoms with E-state index in [9.17, 15) is 9.90 Å². The van der Waals surface area contributed by atoms with E-state index in [-0.39, 0.29) is 23.8 Å². The van der Waals surface area contributed by atoms with Crippen LogP contribution in [-0.2, 0) is 4.74 Å². The molecule has 2 aromatic rings. The molecule has 1 aliphatic rings. The van der Waals surface area contributed by atoms with Gasteiger partial charge in [0.25, 0.3) is 6.01 Å². The second kappa shape index (κ2) is 7.40. The molecular weight excluding hydrogens is 376 g/mol. The predicted molar refractivity (Wildman–Crippen MR) is 99.2 cm³/mol. The van der Waals surface area contributed by atoms with Crippen LogP contribution in [0.15, 0.2) is 10.5 Å². The molecule has 27 heavy (non-hydrogen) atoms. The van der Waals surface area contributed by atoms with E-state index in [0.29, 0.717) is 29.9 Å². The van der Waals surface area contributed by atoms with E-state index in [1.54, 1.807) is 20.8 Å². The number of carbonyl (C=O) groups excluding carboxylic acids is 1. The lowest BCUT2D eigenvalue weighted by Crippen LogP contribution is -2.52. The Hall–Kier alpha value is -2.26. The molecule has 0 bridgehead atoms. The highest BCUT2D eigenvalue weighted by molar-refractivity contribution is 6.30. The smallest absolute Gasteiger partial charge is 0.410 e. The van der Waals surface area contributed by atoms with Crippen LogP contribution in [0.2, 0.25) is 5.15 Å². The molecule has 2 N–H and O–H groups in total. The van der Waals surface area contributed by atoms with Crippen molar-refractivity contribution in [2.45, 2.75) is 44.9 Å². The van der Waals surface area contributed by atoms with Gasteiger partial charge in [0.15, 0.2) is 5.75 Å². The highest BCUT2D eigenvalue weighted by Crippen LogP contribution is 2.30. The van der Waals surface area contributed by atoms with Gasteiger partial charge in [0.05, 0.1) is 25.8 Å². The van der Waals surface area contributed by atoms with Gasteiger partial charge in [-0.15, -0.1) is 0 Å². The zero-order chi connectivity index (χ0) is 19.8. The summed E-state index contributed by atoms with van der Waals surface area (Å²) in [5.74, 6) is 0.421. The number of aliphatic hydroxyl groups excluding tert-OH is 1. The first-order valence-electron chi connectivity index (χ1n) is 8.58. The maximum absolute atomic E-state index is 12.3. The number of aromatic nitrogens is 2. The molecule has 1 amide bonds. The Kier molecular flexibility index (Phi) is 5.34. The van der Waals surface area contributed by atoms with E-state index >= 15 is 0 Å². The minimum absolute atomic E-state index is 0.210. The fourth-order valence-corrected chi connectivity index (χ4v) is 3.08. The van der Waals surface area contributed by atoms with E-state index in [1.807, 2.05) is 0 Å². The molecule has 9 nitrogen and oxygen atoms in total. The van der Waals surface area contributed by atoms with Gasteiger partial charge >= 0.3 is 6.09 Å². The minimum atomic E-state index is -0.685. The fraction of sp³-hybridized carbons (Fsp3) is 0.588. The fourth-order valence-electron chi connectivity index (χ4n) is 2.90. The summed E-state index contributed by atoms with van der Waals surface area (Å²) in [6, 6.07) is 1.48. The van der Waals surface area contributed by atoms with Crippen molar-refractivity contribution in [3.63, 3.8) is 0 Å². The standard InChI is InChI=1S/C17H23ClN4O5/c1-17(2,3)27-16(24)22-7-9(5-10(23)8-22)19-15-21-14-13(26-15)11(25-4)6-12(18)20-14/h6,9-10,23H,5,7-8H2,1-4H3,(H,19,20,21)/t9-,10+/m1/s1. The Morgan fingerprint density at radius 3 is 2.81 bits per heavy atom. The number of methoxy groups -OCH3 is 1. The number of piperidine rings is 1. The summed E-state index contributed by atoms with van der Waals surface area (Å²) < 4.78 is 16.3. The molecule has 0 aromatic carbocycles. The van der Waals surface area contributed by atoms with Gasteiger partial charge in [-0.3, -0.25) is 0 Å². The third kappa shape index (κ3) is 4.72. The Morgan fingerprint density at radius 1 is 1.41 bits per heavy atom. The number of aliphatic hydroxyl groups is 1. The molecule has 0 spiro atoms. The number of ether oxygens (including phenoxy) is 2. The second-order valence-corrected chi connectivity index (χ2v) is 7.82. The topological polar surface area (TPSA) is 110 Å². The Bertz CT molecular complexity index is 835. The Balaban J connectivity index is 1.75. The van der Waals surface area contributed by atoms with Crippen LogP contribution in [-0.4, -0.2) is 64.0 Å². The number of β-amino-alcohol motifs (C(OH)–C–C–N with tert-alkyl or cyclic N) is 1. The SMILES string of the molecule is COc1cc(Cl)nc2nc(N[C@@H]3C[C@H](O)CN(C(=O)OC(C)(C)C)C3)oc12. The van der Waals surface area contributed by atoms with Crippen molar-refractivity contribution in [3.05, 3.63) is 11.2 Å². The molecule has 0 unspecified atom stereocenters. The molecule has 148 valence electrons. The number of nitrogens with one attached hydrogen (secondary N) is 1. The summed E-state index contributed by atoms with van der Waals surface area (Å²) in [5.41, 5.74) is 0.0662. The number of nitrogens with zero attached hydrogens (tertiary/aromatic N) is 3. The van der Waals surface area contributed by atoms with Gasteiger partial charge in [0.2, 0.25) is 11.2 Å². The van der Waals surface area contributed by atoms with Crippen molar-refractivity contribution in [1.29, 1.82) is 0 Å². The van der Waals surface area contributed by atoms with E-state index in [4.69, 9.17) is 25.5 Å². The van der Waals surface area contributed by atoms with E-state index in [2.05, 4.69) is 15.3 Å². The molecule has 2 atom stereocenters. The maximum Gasteiger partial charge on any atom is 0.410 e. The van der Waals surface area contributed by atoms with Gasteiger partial charge in [0, 0.05) is 12.6 Å². The first-order valence-corrected chi connectivity index (χ1v) is 8.96. The first-order chi connectivity index (χ1) is 12.6. The molecule has 0 saturated carbocycles. The predicted octanol–water partition coefficient (Wildman–Crippen LogP) is 2.67. The van der Waals surface area contributed by atoms with Gasteiger partial charge in [-0.1, -0.05) is 11.6 Å². The monoisotopic (exact) mass is 398 g/mol. The highest BCUT2D eigenvalue weighted by atomic mass is 35.5. The summed E-state index contributed by atoms with van der Waals surface area (Å²) in [7, 11) is 1.50. The quantitative estimate of drug-likeness (QED) is 0.759. The normalized spacial score (nSPS) is 20.6. The number of rotatable bonds is 3. The van der Waals surface area contributed by atoms with Crippen LogP contribution in [0.4, 0.5) is 10.8 Å². The molecule has 0 aliphatic carbocycles. The van der Waals surface area contributed by atoms with E-state index < -0.39 is 17.8 Å². The number of hydrogen-bond acceptors (Lipinski definition) is 8. The average Bonchev–Trinajstić information content (AvgIpc) is 2.93. The van der Waals surface area contributed by atoms with Crippen LogP contribution in [0.25, 0.3) is 11.2 Å². The lowest BCUT2D eigenvalue weighted by Gasteiger charge is -2.36. The molecule has 10 heteroatoms. The summed E-state index contributed by atoms with van der Waals surface area (Å²) in [4.78, 5) is 22.1. The molecule has 2 aromatic heterocycles. The number of pyridine rings is 1. The van der Waals surface area contributed by atoms with Crippen molar-refractivity contribution < 1.29 is 23.8 Å². The number of halogens is 1. The number of anilines is 1. The Labute approximate surface area is 161 Å². The van der Waals surface area contributed by atoms with Gasteiger partial charge in [-0.25, -0.2) is 9.78 Å². The van der Waals surface area contributed by atoms with Crippen molar-refractivity contribution in [3.8, 4) is 5.75 Å². The lowest BCUT2D eigenvalue weighted by atomic mass is 10.0. The summed E-state index contributed by atoms with van der Waals surface area (Å²) >= 11 is 5.95. The largest absolute Gasteiger partial charge is 0.493 e. The van der Waals surface area contributed by atoms with Crippen molar-refractivity contribution in [1.82, 2.24) is 14.9 Å². The Morgan fingerprint density at radius 2 is 2.15 bits per heavy atom. The molecule has 1 fully saturated rings. The molecule has 1 saturated heterocycles. The highest BCUT2D eigenvalue weighted by Gasteiger charge is 2.32. The third-order valence-electron chi connectivity index (χ3n) is 3.92. The van der Waals surface area contributed by atoms with Crippen LogP contribution < -0.4 is 10.1 Å². The minimum Gasteiger partial charge on any atom is -0.493 e. The number of fused-ring (bicyclic) bond motifs is 1. The number of amides is 1. The second-order valence-electron chi connectivity index (χ2n) is 7.44. The molecule has 1 aliphatic heterocycles. The molecule has 3 heterocycles. The van der Waals surface area contributed by atoms with E-state index in [0.717, 1.165) is 0 Å². The zero-order valence-electron chi connectivity index (χ0n) is 15.7. The number of oxazole rings is 1. The number of carbonyl (C=O) groups is 1. The summed E-state index contributed by atoms with van der Waals surface area (Å²) in [5, 5.41) is 13.5. The molecule has 3 rings (SSSR count). The summed E-state index contributed by atoms with van der Waals surface area (Å²) in [6.45, 7) is 5.95. The maximum atomic E-state index is 12.3. The van der Waals surface area contributed by atoms with Gasteiger partial charge < -0.3 is 29.2 Å². The van der Waals surface area contributed by atoms with Crippen molar-refractivity contribution in [2.75, 3.05) is 25.5 Å². The molecular formula is C17H23ClN4O5. The summed E-state index contributed by atoms with van der Waals surface area (Å²) in [6.07, 6.45) is -0.723. The van der Waals surface area contributed by atoms with Crippen molar-refractivity contribution in [2.24, 2.45) is 0 Å². The van der Waals surface area contributed by atoms with Gasteiger partial charge in [-0.2, -0.15) is 4.98 Å². The number of likely N-dealkylation sites (tertiary alicyclic amines) is 1. The van der Waals surface area contributed by atoms with Gasteiger partial charge in [-0.05, 0) is 27.2 Å². The number of hydrogen-bond donors (Lipinski definition) is 2. The van der Waals surface area contributed by atoms with Gasteiger partial charge in [0.1, 0.15) is 10.8 Å². The van der Waals surface area contributed by atoms with E-state index in [1.165, 1.54) is 18.1 Å². The average molecular weight is 399 g/mol. The van der Waals surface area contributed by atoms with Crippen LogP contribution in [0, 0.1) is 0 Å². The van der Waals surface area contributed by atoms with Crippen LogP contribution in [0.5, 0.6) is 5.75 Å². The van der Waals surface area contributed by atoms with Crippen LogP contribution in [0.3, 0.4) is 0 Å². The third-order valence-corrected chi connectivity index (χ3v) is 4.12. The first kappa shape index (κ1) is 19.5. The van der Waals surface area contributed by atoms with Crippen molar-refractivity contribution >= 4 is 34.9 Å². The zero-order valence-corrected chi connectivity index (χ0v) is 16.4. The molecule has 0 radical (unpaired) electrons. The van der Waals surface area contributed by atoms with Crippen LogP contribution >= 0.6 is 11.6 Å².